The molecule has 0 aromatic rings. The van der Waals surface area contributed by atoms with Gasteiger partial charge in [-0.3, -0.25) is 14.1 Å². The monoisotopic (exact) mass is 766 g/mol. The average Bonchev–Trinajstić information content (AvgIpc) is 3.10. The summed E-state index contributed by atoms with van der Waals surface area (Å²) in [5.41, 5.74) is 0. The van der Waals surface area contributed by atoms with Gasteiger partial charge in [-0.05, 0) is 12.8 Å². The fraction of sp³-hybridized carbons (Fsp3) is 0.955. The zero-order valence-electron chi connectivity index (χ0n) is 35.5. The van der Waals surface area contributed by atoms with Crippen LogP contribution in [-0.2, 0) is 28.9 Å². The van der Waals surface area contributed by atoms with Gasteiger partial charge in [0.2, 0.25) is 0 Å². The van der Waals surface area contributed by atoms with Crippen LogP contribution in [0.2, 0.25) is 0 Å². The third-order valence-electron chi connectivity index (χ3n) is 10.6. The van der Waals surface area contributed by atoms with Crippen molar-refractivity contribution in [2.45, 2.75) is 258 Å². The molecule has 0 amide bonds. The van der Waals surface area contributed by atoms with Crippen LogP contribution in [0.1, 0.15) is 258 Å². The summed E-state index contributed by atoms with van der Waals surface area (Å²) in [4.78, 5) is 24.8. The Balaban J connectivity index is 0. The summed E-state index contributed by atoms with van der Waals surface area (Å²) in [6.45, 7) is 4.84. The molecule has 0 spiro atoms. The van der Waals surface area contributed by atoms with Crippen molar-refractivity contribution >= 4 is 22.3 Å². The van der Waals surface area contributed by atoms with Crippen LogP contribution in [0.25, 0.3) is 0 Å². The van der Waals surface area contributed by atoms with Gasteiger partial charge in [0, 0.05) is 0 Å². The summed E-state index contributed by atoms with van der Waals surface area (Å²) in [5.74, 6) is -2.54. The second-order valence-corrected chi connectivity index (χ2v) is 16.8. The second-order valence-electron chi connectivity index (χ2n) is 15.8. The molecule has 0 aliphatic carbocycles. The third kappa shape index (κ3) is 44.0. The van der Waals surface area contributed by atoms with Crippen LogP contribution in [0.15, 0.2) is 0 Å². The topological polar surface area (TPSA) is 107 Å². The molecule has 0 radical (unpaired) electrons. The summed E-state index contributed by atoms with van der Waals surface area (Å²) in [7, 11) is -4.92. The molecule has 0 bridgehead atoms. The summed E-state index contributed by atoms with van der Waals surface area (Å²) in [5, 5.41) is 0. The molecular formula is C44H86LiO7S+. The maximum Gasteiger partial charge on any atom is 1.00 e. The molecule has 0 saturated carbocycles. The molecule has 53 heavy (non-hydrogen) atoms. The van der Waals surface area contributed by atoms with Crippen molar-refractivity contribution in [1.29, 1.82) is 0 Å². The van der Waals surface area contributed by atoms with Crippen molar-refractivity contribution in [3.63, 3.8) is 0 Å². The quantitative estimate of drug-likeness (QED) is 0.0285. The Labute approximate surface area is 341 Å². The van der Waals surface area contributed by atoms with E-state index in [0.717, 1.165) is 38.5 Å². The minimum atomic E-state index is -4.92. The van der Waals surface area contributed by atoms with Crippen molar-refractivity contribution in [3.8, 4) is 0 Å². The number of unbranched alkanes of at least 4 members (excludes halogenated alkanes) is 34. The van der Waals surface area contributed by atoms with Crippen LogP contribution in [0, 0.1) is 5.92 Å². The van der Waals surface area contributed by atoms with Crippen LogP contribution < -0.4 is 18.9 Å². The van der Waals surface area contributed by atoms with Crippen molar-refractivity contribution in [2.24, 2.45) is 5.92 Å². The van der Waals surface area contributed by atoms with Crippen LogP contribution >= 0.6 is 0 Å². The number of hydrogen-bond donors (Lipinski definition) is 1. The Hall–Kier alpha value is -0.553. The molecule has 1 N–H and O–H groups in total. The molecule has 9 heteroatoms. The molecule has 310 valence electrons. The summed E-state index contributed by atoms with van der Waals surface area (Å²) >= 11 is 0. The first-order valence-corrected chi connectivity index (χ1v) is 24.0. The predicted molar refractivity (Wildman–Crippen MR) is 219 cm³/mol. The Morgan fingerprint density at radius 1 is 0.453 bits per heavy atom. The van der Waals surface area contributed by atoms with Crippen molar-refractivity contribution < 1.29 is 50.3 Å². The molecule has 0 fully saturated rings. The fourth-order valence-corrected chi connectivity index (χ4v) is 7.56. The normalized spacial score (nSPS) is 12.1. The Morgan fingerprint density at radius 2 is 0.717 bits per heavy atom. The van der Waals surface area contributed by atoms with Gasteiger partial charge in [-0.15, -0.1) is 0 Å². The minimum Gasteiger partial charge on any atom is -0.466 e. The predicted octanol–water partition coefficient (Wildman–Crippen LogP) is 11.4. The molecule has 7 nitrogen and oxygen atoms in total. The SMILES string of the molecule is CCCCCCCCCCCCCCCCCCCCOC(=O)CC(CCCCCCCCCCCCCCCCCCCC)C(=O)OS(=O)(=O)O.[Li+]. The van der Waals surface area contributed by atoms with E-state index in [1.807, 2.05) is 0 Å². The molecule has 0 rings (SSSR count). The van der Waals surface area contributed by atoms with Gasteiger partial charge in [0.25, 0.3) is 0 Å². The third-order valence-corrected chi connectivity index (χ3v) is 11.0. The fourth-order valence-electron chi connectivity index (χ4n) is 7.22. The molecule has 0 aromatic heterocycles. The van der Waals surface area contributed by atoms with Gasteiger partial charge in [0.1, 0.15) is 0 Å². The molecule has 0 heterocycles. The van der Waals surface area contributed by atoms with Crippen molar-refractivity contribution in [1.82, 2.24) is 0 Å². The number of esters is 1. The number of carbonyl (C=O) groups is 2. The first-order chi connectivity index (χ1) is 25.3. The van der Waals surface area contributed by atoms with E-state index in [0.29, 0.717) is 19.4 Å². The van der Waals surface area contributed by atoms with E-state index in [9.17, 15) is 18.0 Å². The molecule has 1 atom stereocenters. The van der Waals surface area contributed by atoms with Crippen molar-refractivity contribution in [2.75, 3.05) is 6.61 Å². The first kappa shape index (κ1) is 54.5. The van der Waals surface area contributed by atoms with E-state index < -0.39 is 28.3 Å². The average molecular weight is 766 g/mol. The van der Waals surface area contributed by atoms with Gasteiger partial charge in [0.05, 0.1) is 18.9 Å². The van der Waals surface area contributed by atoms with Gasteiger partial charge in [-0.2, -0.15) is 8.42 Å². The molecule has 0 aromatic carbocycles. The molecule has 0 aliphatic heterocycles. The van der Waals surface area contributed by atoms with E-state index in [2.05, 4.69) is 18.0 Å². The second kappa shape index (κ2) is 42.6. The van der Waals surface area contributed by atoms with E-state index in [4.69, 9.17) is 9.29 Å². The van der Waals surface area contributed by atoms with Crippen LogP contribution in [0.3, 0.4) is 0 Å². The maximum atomic E-state index is 12.5. The number of rotatable bonds is 42. The number of carbonyl (C=O) groups excluding carboxylic acids is 2. The summed E-state index contributed by atoms with van der Waals surface area (Å²) in [6, 6.07) is 0. The van der Waals surface area contributed by atoms with Crippen LogP contribution in [-0.4, -0.2) is 31.5 Å². The van der Waals surface area contributed by atoms with Gasteiger partial charge < -0.3 is 8.92 Å². The Morgan fingerprint density at radius 3 is 1.00 bits per heavy atom. The molecule has 1 unspecified atom stereocenters. The Bertz CT molecular complexity index is 883. The van der Waals surface area contributed by atoms with Gasteiger partial charge in [-0.25, -0.2) is 0 Å². The summed E-state index contributed by atoms with van der Waals surface area (Å²) in [6.07, 6.45) is 46.0. The molecule has 0 saturated heterocycles. The van der Waals surface area contributed by atoms with Crippen LogP contribution in [0.4, 0.5) is 0 Å². The first-order valence-electron chi connectivity index (χ1n) is 22.7. The smallest absolute Gasteiger partial charge is 0.466 e. The number of hydrogen-bond acceptors (Lipinski definition) is 6. The molecular weight excluding hydrogens is 679 g/mol. The Kier molecular flexibility index (Phi) is 43.8. The van der Waals surface area contributed by atoms with E-state index >= 15 is 0 Å². The maximum absolute atomic E-state index is 12.5. The zero-order valence-corrected chi connectivity index (χ0v) is 36.3. The van der Waals surface area contributed by atoms with Gasteiger partial charge in [0.15, 0.2) is 0 Å². The van der Waals surface area contributed by atoms with E-state index in [1.54, 1.807) is 0 Å². The van der Waals surface area contributed by atoms with Crippen LogP contribution in [0.5, 0.6) is 0 Å². The van der Waals surface area contributed by atoms with E-state index in [1.165, 1.54) is 186 Å². The van der Waals surface area contributed by atoms with E-state index in [-0.39, 0.29) is 25.3 Å². The minimum absolute atomic E-state index is 0. The molecule has 0 aliphatic rings. The number of ether oxygens (including phenoxy) is 1. The van der Waals surface area contributed by atoms with Crippen molar-refractivity contribution in [3.05, 3.63) is 0 Å². The summed E-state index contributed by atoms with van der Waals surface area (Å²) < 4.78 is 40.8. The zero-order chi connectivity index (χ0) is 38.2. The standard InChI is InChI=1S/C44H86O7S.Li/c1-3-5-7-9-11-13-15-17-19-21-23-25-27-29-31-33-35-37-39-42(44(46)51-52(47,48)49)41-43(45)50-40-38-36-34-32-30-28-26-24-22-20-18-16-14-12-10-8-6-4-2;/h42H,3-41H2,1-2H3,(H,47,48,49);/q;+1. The van der Waals surface area contributed by atoms with Gasteiger partial charge >= 0.3 is 41.2 Å². The largest absolute Gasteiger partial charge is 1.00 e. The van der Waals surface area contributed by atoms with Gasteiger partial charge in [-0.1, -0.05) is 239 Å².